The number of nitrogens with one attached hydrogen (secondary N) is 3. The van der Waals surface area contributed by atoms with Crippen LogP contribution in [0.5, 0.6) is 5.75 Å². The van der Waals surface area contributed by atoms with E-state index >= 15 is 0 Å². The molecule has 0 spiro atoms. The highest BCUT2D eigenvalue weighted by molar-refractivity contribution is 5.91. The number of aromatic hydroxyl groups is 1. The molecule has 1 aromatic carbocycles. The summed E-state index contributed by atoms with van der Waals surface area (Å²) in [6.07, 6.45) is -0.723. The molecule has 0 saturated carbocycles. The Kier molecular flexibility index (Phi) is 8.43. The second kappa shape index (κ2) is 10.3. The van der Waals surface area contributed by atoms with Crippen molar-refractivity contribution in [2.24, 2.45) is 0 Å². The van der Waals surface area contributed by atoms with Gasteiger partial charge in [0.15, 0.2) is 0 Å². The maximum Gasteiger partial charge on any atom is 0.408 e. The van der Waals surface area contributed by atoms with Gasteiger partial charge in [-0.1, -0.05) is 12.1 Å². The molecule has 10 heteroatoms. The first-order valence-corrected chi connectivity index (χ1v) is 8.94. The van der Waals surface area contributed by atoms with Gasteiger partial charge in [0.25, 0.3) is 0 Å². The molecule has 0 saturated heterocycles. The Labute approximate surface area is 168 Å². The molecule has 0 heterocycles. The number of hydrogen-bond donors (Lipinski definition) is 5. The van der Waals surface area contributed by atoms with E-state index in [4.69, 9.17) is 9.84 Å². The van der Waals surface area contributed by atoms with E-state index in [1.54, 1.807) is 32.9 Å². The molecule has 3 amide bonds. The number of alkyl carbamates (subject to hydrolysis) is 1. The van der Waals surface area contributed by atoms with E-state index in [9.17, 15) is 24.3 Å². The van der Waals surface area contributed by atoms with E-state index in [1.807, 2.05) is 0 Å². The zero-order valence-corrected chi connectivity index (χ0v) is 16.8. The second-order valence-corrected chi connectivity index (χ2v) is 7.41. The van der Waals surface area contributed by atoms with Crippen LogP contribution in [0.25, 0.3) is 0 Å². The molecule has 0 bridgehead atoms. The summed E-state index contributed by atoms with van der Waals surface area (Å²) in [7, 11) is 0. The number of carbonyl (C=O) groups is 4. The minimum absolute atomic E-state index is 0.0547. The number of aliphatic carboxylic acids is 1. The molecule has 0 aliphatic carbocycles. The van der Waals surface area contributed by atoms with E-state index in [2.05, 4.69) is 16.0 Å². The van der Waals surface area contributed by atoms with E-state index in [0.717, 1.165) is 0 Å². The fourth-order valence-corrected chi connectivity index (χ4v) is 2.17. The standard InChI is InChI=1S/C19H27N3O7/c1-11(17(26)27)21-15(24)10-20-16(25)14(22-18(28)29-19(2,3)4)9-12-5-7-13(23)8-6-12/h5-8,11,14,23H,9-10H2,1-4H3,(H,20,25)(H,21,24)(H,22,28)(H,26,27)/t11-,14-/m0/s1. The van der Waals surface area contributed by atoms with Gasteiger partial charge in [-0.05, 0) is 45.4 Å². The Hall–Kier alpha value is -3.30. The van der Waals surface area contributed by atoms with Gasteiger partial charge >= 0.3 is 12.1 Å². The molecule has 1 rings (SSSR count). The predicted molar refractivity (Wildman–Crippen MR) is 103 cm³/mol. The number of carbonyl (C=O) groups excluding carboxylic acids is 3. The fraction of sp³-hybridized carbons (Fsp3) is 0.474. The summed E-state index contributed by atoms with van der Waals surface area (Å²) in [5, 5.41) is 25.2. The topological polar surface area (TPSA) is 154 Å². The van der Waals surface area contributed by atoms with Crippen molar-refractivity contribution in [3.63, 3.8) is 0 Å². The second-order valence-electron chi connectivity index (χ2n) is 7.41. The average molecular weight is 409 g/mol. The zero-order chi connectivity index (χ0) is 22.2. The number of phenolic OH excluding ortho intramolecular Hbond substituents is 1. The van der Waals surface area contributed by atoms with Crippen molar-refractivity contribution < 1.29 is 34.1 Å². The molecule has 29 heavy (non-hydrogen) atoms. The highest BCUT2D eigenvalue weighted by atomic mass is 16.6. The molecule has 0 aliphatic heterocycles. The summed E-state index contributed by atoms with van der Waals surface area (Å²) in [6, 6.07) is 3.91. The molecule has 0 aromatic heterocycles. The minimum Gasteiger partial charge on any atom is -0.508 e. The number of rotatable bonds is 8. The van der Waals surface area contributed by atoms with Gasteiger partial charge in [0.05, 0.1) is 6.54 Å². The number of ether oxygens (including phenoxy) is 1. The van der Waals surface area contributed by atoms with Crippen molar-refractivity contribution in [3.8, 4) is 5.75 Å². The van der Waals surface area contributed by atoms with Gasteiger partial charge < -0.3 is 30.9 Å². The van der Waals surface area contributed by atoms with E-state index in [-0.39, 0.29) is 12.2 Å². The van der Waals surface area contributed by atoms with Crippen LogP contribution in [0.4, 0.5) is 4.79 Å². The van der Waals surface area contributed by atoms with Gasteiger partial charge in [0.2, 0.25) is 11.8 Å². The molecule has 10 nitrogen and oxygen atoms in total. The summed E-state index contributed by atoms with van der Waals surface area (Å²) in [6.45, 7) is 5.86. The summed E-state index contributed by atoms with van der Waals surface area (Å²) in [4.78, 5) is 47.1. The maximum atomic E-state index is 12.5. The zero-order valence-electron chi connectivity index (χ0n) is 16.8. The van der Waals surface area contributed by atoms with Crippen molar-refractivity contribution in [1.29, 1.82) is 0 Å². The number of hydrogen-bond acceptors (Lipinski definition) is 6. The Bertz CT molecular complexity index is 741. The Morgan fingerprint density at radius 2 is 1.66 bits per heavy atom. The summed E-state index contributed by atoms with van der Waals surface area (Å²) in [5.74, 6) is -2.49. The third kappa shape index (κ3) is 9.45. The lowest BCUT2D eigenvalue weighted by atomic mass is 10.1. The van der Waals surface area contributed by atoms with Gasteiger partial charge in [-0.2, -0.15) is 0 Å². The van der Waals surface area contributed by atoms with Crippen molar-refractivity contribution in [2.75, 3.05) is 6.54 Å². The Balaban J connectivity index is 2.78. The summed E-state index contributed by atoms with van der Waals surface area (Å²) in [5.41, 5.74) is -0.112. The van der Waals surface area contributed by atoms with Crippen molar-refractivity contribution in [3.05, 3.63) is 29.8 Å². The van der Waals surface area contributed by atoms with Crippen molar-refractivity contribution in [1.82, 2.24) is 16.0 Å². The van der Waals surface area contributed by atoms with Crippen LogP contribution >= 0.6 is 0 Å². The first-order chi connectivity index (χ1) is 13.4. The number of amides is 3. The molecular weight excluding hydrogens is 382 g/mol. The monoisotopic (exact) mass is 409 g/mol. The van der Waals surface area contributed by atoms with Crippen LogP contribution in [-0.4, -0.2) is 58.3 Å². The SMILES string of the molecule is C[C@H](NC(=O)CNC(=O)[C@H](Cc1ccc(O)cc1)NC(=O)OC(C)(C)C)C(=O)O. The molecule has 2 atom stereocenters. The first kappa shape index (κ1) is 23.7. The lowest BCUT2D eigenvalue weighted by Gasteiger charge is -2.23. The predicted octanol–water partition coefficient (Wildman–Crippen LogP) is 0.534. The maximum absolute atomic E-state index is 12.5. The normalized spacial score (nSPS) is 13.0. The smallest absolute Gasteiger partial charge is 0.408 e. The third-order valence-corrected chi connectivity index (χ3v) is 3.55. The first-order valence-electron chi connectivity index (χ1n) is 8.94. The van der Waals surface area contributed by atoms with Crippen LogP contribution in [0, 0.1) is 0 Å². The van der Waals surface area contributed by atoms with Crippen molar-refractivity contribution in [2.45, 2.75) is 51.8 Å². The molecule has 0 aliphatic rings. The largest absolute Gasteiger partial charge is 0.508 e. The highest BCUT2D eigenvalue weighted by Crippen LogP contribution is 2.12. The van der Waals surface area contributed by atoms with Crippen molar-refractivity contribution >= 4 is 23.9 Å². The molecule has 1 aromatic rings. The quantitative estimate of drug-likeness (QED) is 0.420. The molecule has 5 N–H and O–H groups in total. The fourth-order valence-electron chi connectivity index (χ4n) is 2.17. The molecule has 160 valence electrons. The van der Waals surface area contributed by atoms with Crippen LogP contribution < -0.4 is 16.0 Å². The van der Waals surface area contributed by atoms with Gasteiger partial charge in [-0.15, -0.1) is 0 Å². The van der Waals surface area contributed by atoms with Gasteiger partial charge in [-0.3, -0.25) is 14.4 Å². The van der Waals surface area contributed by atoms with Crippen LogP contribution in [0.2, 0.25) is 0 Å². The number of carboxylic acid groups (broad SMARTS) is 1. The van der Waals surface area contributed by atoms with Gasteiger partial charge in [-0.25, -0.2) is 4.79 Å². The van der Waals surface area contributed by atoms with E-state index in [1.165, 1.54) is 19.1 Å². The van der Waals surface area contributed by atoms with E-state index in [0.29, 0.717) is 5.56 Å². The van der Waals surface area contributed by atoms with E-state index < -0.39 is 48.1 Å². The highest BCUT2D eigenvalue weighted by Gasteiger charge is 2.25. The summed E-state index contributed by atoms with van der Waals surface area (Å²) < 4.78 is 5.17. The lowest BCUT2D eigenvalue weighted by molar-refractivity contribution is -0.141. The minimum atomic E-state index is -1.21. The molecule has 0 fully saturated rings. The Morgan fingerprint density at radius 3 is 2.17 bits per heavy atom. The lowest BCUT2D eigenvalue weighted by Crippen LogP contribution is -2.51. The van der Waals surface area contributed by atoms with Crippen LogP contribution in [-0.2, 0) is 25.5 Å². The Morgan fingerprint density at radius 1 is 1.07 bits per heavy atom. The van der Waals surface area contributed by atoms with Crippen LogP contribution in [0.1, 0.15) is 33.3 Å². The average Bonchev–Trinajstić information content (AvgIpc) is 2.59. The van der Waals surface area contributed by atoms with Gasteiger partial charge in [0.1, 0.15) is 23.4 Å². The molecule has 0 unspecified atom stereocenters. The summed E-state index contributed by atoms with van der Waals surface area (Å²) >= 11 is 0. The number of phenols is 1. The number of benzene rings is 1. The number of carboxylic acids is 1. The van der Waals surface area contributed by atoms with Gasteiger partial charge in [0, 0.05) is 6.42 Å². The van der Waals surface area contributed by atoms with Crippen LogP contribution in [0.15, 0.2) is 24.3 Å². The molecular formula is C19H27N3O7. The van der Waals surface area contributed by atoms with Crippen LogP contribution in [0.3, 0.4) is 0 Å². The third-order valence-electron chi connectivity index (χ3n) is 3.55. The molecule has 0 radical (unpaired) electrons.